The second-order valence-electron chi connectivity index (χ2n) is 6.77. The van der Waals surface area contributed by atoms with E-state index in [0.29, 0.717) is 0 Å². The first-order valence-corrected chi connectivity index (χ1v) is 7.25. The SMILES string of the molecule is CCCC1CC(C(C)C2CC23CCC3)C1. The van der Waals surface area contributed by atoms with Crippen LogP contribution in [-0.4, -0.2) is 0 Å². The van der Waals surface area contributed by atoms with Gasteiger partial charge in [0, 0.05) is 0 Å². The number of hydrogen-bond acceptors (Lipinski definition) is 0. The van der Waals surface area contributed by atoms with Crippen molar-refractivity contribution in [2.75, 3.05) is 0 Å². The largest absolute Gasteiger partial charge is 0.0654 e. The normalized spacial score (nSPS) is 43.2. The topological polar surface area (TPSA) is 0 Å². The molecule has 3 aliphatic rings. The highest BCUT2D eigenvalue weighted by Gasteiger charge is 2.60. The van der Waals surface area contributed by atoms with Crippen molar-refractivity contribution in [1.29, 1.82) is 0 Å². The van der Waals surface area contributed by atoms with E-state index in [1.807, 2.05) is 0 Å². The zero-order valence-corrected chi connectivity index (χ0v) is 10.5. The highest BCUT2D eigenvalue weighted by atomic mass is 14.6. The van der Waals surface area contributed by atoms with E-state index in [2.05, 4.69) is 13.8 Å². The molecule has 0 heteroatoms. The van der Waals surface area contributed by atoms with Crippen LogP contribution in [-0.2, 0) is 0 Å². The Hall–Kier alpha value is 0. The van der Waals surface area contributed by atoms with Crippen LogP contribution in [0.1, 0.15) is 65.2 Å². The Labute approximate surface area is 94.8 Å². The van der Waals surface area contributed by atoms with Gasteiger partial charge in [0.15, 0.2) is 0 Å². The maximum absolute atomic E-state index is 2.56. The van der Waals surface area contributed by atoms with Crippen molar-refractivity contribution in [1.82, 2.24) is 0 Å². The first kappa shape index (κ1) is 10.2. The molecular weight excluding hydrogens is 180 g/mol. The molecule has 2 unspecified atom stereocenters. The molecule has 0 saturated heterocycles. The molecule has 0 nitrogen and oxygen atoms in total. The van der Waals surface area contributed by atoms with Crippen LogP contribution < -0.4 is 0 Å². The molecule has 0 aliphatic heterocycles. The summed E-state index contributed by atoms with van der Waals surface area (Å²) in [4.78, 5) is 0. The predicted molar refractivity (Wildman–Crippen MR) is 64.7 cm³/mol. The van der Waals surface area contributed by atoms with Crippen molar-refractivity contribution in [2.45, 2.75) is 65.2 Å². The summed E-state index contributed by atoms with van der Waals surface area (Å²) in [6.45, 7) is 4.89. The Bertz CT molecular complexity index is 232. The average Bonchev–Trinajstić information content (AvgIpc) is 2.83. The quantitative estimate of drug-likeness (QED) is 0.628. The van der Waals surface area contributed by atoms with Gasteiger partial charge in [-0.3, -0.25) is 0 Å². The van der Waals surface area contributed by atoms with Crippen LogP contribution in [0.4, 0.5) is 0 Å². The van der Waals surface area contributed by atoms with E-state index >= 15 is 0 Å². The van der Waals surface area contributed by atoms with Gasteiger partial charge in [0.05, 0.1) is 0 Å². The Morgan fingerprint density at radius 2 is 2.00 bits per heavy atom. The second kappa shape index (κ2) is 3.50. The van der Waals surface area contributed by atoms with Crippen molar-refractivity contribution < 1.29 is 0 Å². The van der Waals surface area contributed by atoms with Crippen molar-refractivity contribution in [3.63, 3.8) is 0 Å². The van der Waals surface area contributed by atoms with E-state index in [1.165, 1.54) is 19.3 Å². The molecule has 2 atom stereocenters. The first-order chi connectivity index (χ1) is 7.25. The third-order valence-corrected chi connectivity index (χ3v) is 5.95. The van der Waals surface area contributed by atoms with E-state index in [1.54, 1.807) is 32.1 Å². The van der Waals surface area contributed by atoms with Crippen molar-refractivity contribution in [2.24, 2.45) is 29.1 Å². The van der Waals surface area contributed by atoms with Gasteiger partial charge in [-0.15, -0.1) is 0 Å². The average molecular weight is 206 g/mol. The molecule has 0 radical (unpaired) electrons. The zero-order valence-electron chi connectivity index (χ0n) is 10.5. The Kier molecular flexibility index (Phi) is 2.37. The number of hydrogen-bond donors (Lipinski definition) is 0. The van der Waals surface area contributed by atoms with Gasteiger partial charge in [0.25, 0.3) is 0 Å². The fourth-order valence-corrected chi connectivity index (χ4v) is 4.52. The van der Waals surface area contributed by atoms with E-state index in [0.717, 1.165) is 29.1 Å². The summed E-state index contributed by atoms with van der Waals surface area (Å²) in [7, 11) is 0. The summed E-state index contributed by atoms with van der Waals surface area (Å²) in [5, 5.41) is 0. The molecule has 3 aliphatic carbocycles. The van der Waals surface area contributed by atoms with Crippen molar-refractivity contribution in [3.8, 4) is 0 Å². The molecule has 0 N–H and O–H groups in total. The van der Waals surface area contributed by atoms with Gasteiger partial charge in [-0.2, -0.15) is 0 Å². The van der Waals surface area contributed by atoms with Gasteiger partial charge in [-0.1, -0.05) is 33.1 Å². The van der Waals surface area contributed by atoms with Gasteiger partial charge in [-0.25, -0.2) is 0 Å². The molecule has 1 spiro atoms. The third-order valence-electron chi connectivity index (χ3n) is 5.95. The lowest BCUT2D eigenvalue weighted by atomic mass is 9.64. The minimum Gasteiger partial charge on any atom is -0.0654 e. The Morgan fingerprint density at radius 3 is 2.47 bits per heavy atom. The van der Waals surface area contributed by atoms with Gasteiger partial charge in [0.2, 0.25) is 0 Å². The number of rotatable bonds is 4. The predicted octanol–water partition coefficient (Wildman–Crippen LogP) is 4.64. The Balaban J connectivity index is 1.45. The molecule has 3 rings (SSSR count). The molecule has 0 aromatic rings. The molecule has 86 valence electrons. The van der Waals surface area contributed by atoms with Gasteiger partial charge in [-0.05, 0) is 61.2 Å². The van der Waals surface area contributed by atoms with Gasteiger partial charge in [0.1, 0.15) is 0 Å². The van der Waals surface area contributed by atoms with Gasteiger partial charge < -0.3 is 0 Å². The Morgan fingerprint density at radius 1 is 1.27 bits per heavy atom. The van der Waals surface area contributed by atoms with E-state index < -0.39 is 0 Å². The zero-order chi connectivity index (χ0) is 10.5. The van der Waals surface area contributed by atoms with Crippen LogP contribution in [0.15, 0.2) is 0 Å². The minimum atomic E-state index is 0.912. The minimum absolute atomic E-state index is 0.912. The summed E-state index contributed by atoms with van der Waals surface area (Å²) in [6, 6.07) is 0. The maximum Gasteiger partial charge on any atom is -0.0263 e. The summed E-state index contributed by atoms with van der Waals surface area (Å²) in [5.74, 6) is 4.45. The second-order valence-corrected chi connectivity index (χ2v) is 6.77. The molecule has 15 heavy (non-hydrogen) atoms. The van der Waals surface area contributed by atoms with Crippen LogP contribution in [0.5, 0.6) is 0 Å². The third kappa shape index (κ3) is 1.56. The van der Waals surface area contributed by atoms with Crippen LogP contribution >= 0.6 is 0 Å². The summed E-state index contributed by atoms with van der Waals surface area (Å²) >= 11 is 0. The van der Waals surface area contributed by atoms with Crippen molar-refractivity contribution >= 4 is 0 Å². The summed E-state index contributed by atoms with van der Waals surface area (Å²) in [6.07, 6.45) is 12.3. The molecule has 0 aromatic carbocycles. The molecule has 3 saturated carbocycles. The maximum atomic E-state index is 2.56. The highest BCUT2D eigenvalue weighted by molar-refractivity contribution is 5.10. The summed E-state index contributed by atoms with van der Waals surface area (Å²) in [5.41, 5.74) is 0.912. The lowest BCUT2D eigenvalue weighted by molar-refractivity contribution is 0.0919. The van der Waals surface area contributed by atoms with Crippen LogP contribution in [0.3, 0.4) is 0 Å². The fraction of sp³-hybridized carbons (Fsp3) is 1.00. The smallest absolute Gasteiger partial charge is 0.0263 e. The van der Waals surface area contributed by atoms with Crippen molar-refractivity contribution in [3.05, 3.63) is 0 Å². The van der Waals surface area contributed by atoms with E-state index in [4.69, 9.17) is 0 Å². The molecule has 0 heterocycles. The fourth-order valence-electron chi connectivity index (χ4n) is 4.52. The van der Waals surface area contributed by atoms with Crippen LogP contribution in [0.2, 0.25) is 0 Å². The molecular formula is C15H26. The monoisotopic (exact) mass is 206 g/mol. The standard InChI is InChI=1S/C15H26/c1-3-5-12-8-13(9-12)11(2)14-10-15(14)6-4-7-15/h11-14H,3-10H2,1-2H3. The molecule has 0 aromatic heterocycles. The van der Waals surface area contributed by atoms with E-state index in [-0.39, 0.29) is 0 Å². The molecule has 0 amide bonds. The molecule has 0 bridgehead atoms. The van der Waals surface area contributed by atoms with Gasteiger partial charge >= 0.3 is 0 Å². The molecule has 3 fully saturated rings. The van der Waals surface area contributed by atoms with Crippen LogP contribution in [0, 0.1) is 29.1 Å². The van der Waals surface area contributed by atoms with Crippen LogP contribution in [0.25, 0.3) is 0 Å². The lowest BCUT2D eigenvalue weighted by Gasteiger charge is -2.41. The highest BCUT2D eigenvalue weighted by Crippen LogP contribution is 2.69. The first-order valence-electron chi connectivity index (χ1n) is 7.25. The summed E-state index contributed by atoms with van der Waals surface area (Å²) < 4.78 is 0. The lowest BCUT2D eigenvalue weighted by Crippen LogP contribution is -2.31. The van der Waals surface area contributed by atoms with E-state index in [9.17, 15) is 0 Å².